The lowest BCUT2D eigenvalue weighted by Crippen LogP contribution is -2.64. The highest BCUT2D eigenvalue weighted by Crippen LogP contribution is 2.54. The summed E-state index contributed by atoms with van der Waals surface area (Å²) in [6.07, 6.45) is -6.14. The second kappa shape index (κ2) is 4.68. The van der Waals surface area contributed by atoms with Gasteiger partial charge in [-0.05, 0) is 6.92 Å². The van der Waals surface area contributed by atoms with Crippen LogP contribution in [-0.4, -0.2) is 38.2 Å². The molecule has 0 aromatic carbocycles. The first-order chi connectivity index (χ1) is 8.06. The van der Waals surface area contributed by atoms with E-state index in [4.69, 9.17) is 0 Å². The number of rotatable bonds is 6. The van der Waals surface area contributed by atoms with Crippen LogP contribution < -0.4 is 0 Å². The molecule has 0 amide bonds. The highest BCUT2D eigenvalue weighted by Gasteiger charge is 2.85. The molecular formula is C6H5F9O3S. The van der Waals surface area contributed by atoms with Crippen LogP contribution in [0.2, 0.25) is 0 Å². The normalized spacial score (nSPS) is 15.7. The third-order valence-electron chi connectivity index (χ3n) is 1.76. The summed E-state index contributed by atoms with van der Waals surface area (Å²) in [4.78, 5) is 0. The van der Waals surface area contributed by atoms with Gasteiger partial charge in [0.1, 0.15) is 0 Å². The monoisotopic (exact) mass is 328 g/mol. The number of hydrogen-bond donors (Lipinski definition) is 0. The molecule has 0 fully saturated rings. The fourth-order valence-electron chi connectivity index (χ4n) is 0.791. The predicted octanol–water partition coefficient (Wildman–Crippen LogP) is 2.78. The molecule has 0 aromatic heterocycles. The second-order valence-electron chi connectivity index (χ2n) is 3.05. The van der Waals surface area contributed by atoms with Gasteiger partial charge in [0.2, 0.25) is 0 Å². The second-order valence-corrected chi connectivity index (χ2v) is 4.44. The van der Waals surface area contributed by atoms with Gasteiger partial charge in [-0.15, -0.1) is 0 Å². The highest BCUT2D eigenvalue weighted by molar-refractivity contribution is 7.87. The topological polar surface area (TPSA) is 43.4 Å². The first-order valence-corrected chi connectivity index (χ1v) is 5.54. The van der Waals surface area contributed by atoms with Gasteiger partial charge in [0.05, 0.1) is 6.61 Å². The minimum absolute atomic E-state index is 0.645. The molecule has 0 radical (unpaired) electrons. The molecule has 0 aromatic rings. The zero-order chi connectivity index (χ0) is 15.9. The molecule has 0 aliphatic heterocycles. The highest BCUT2D eigenvalue weighted by atomic mass is 32.3. The molecule has 0 atom stereocenters. The molecule has 0 bridgehead atoms. The van der Waals surface area contributed by atoms with E-state index in [9.17, 15) is 47.4 Å². The van der Waals surface area contributed by atoms with E-state index in [2.05, 4.69) is 4.74 Å². The molecule has 0 aliphatic carbocycles. The minimum atomic E-state index is -7.57. The maximum absolute atomic E-state index is 12.7. The Kier molecular flexibility index (Phi) is 4.50. The van der Waals surface area contributed by atoms with Gasteiger partial charge in [-0.2, -0.15) is 43.5 Å². The molecule has 0 unspecified atom stereocenters. The van der Waals surface area contributed by atoms with E-state index < -0.39 is 40.0 Å². The molecule has 116 valence electrons. The molecule has 0 aliphatic rings. The maximum Gasteiger partial charge on any atom is 0.442 e. The summed E-state index contributed by atoms with van der Waals surface area (Å²) in [5, 5.41) is -7.07. The van der Waals surface area contributed by atoms with Gasteiger partial charge in [-0.1, -0.05) is 3.89 Å². The zero-order valence-corrected chi connectivity index (χ0v) is 9.56. The lowest BCUT2D eigenvalue weighted by molar-refractivity contribution is -0.416. The van der Waals surface area contributed by atoms with Crippen molar-refractivity contribution >= 4 is 10.2 Å². The maximum atomic E-state index is 12.7. The number of hydrogen-bond acceptors (Lipinski definition) is 3. The van der Waals surface area contributed by atoms with Gasteiger partial charge < -0.3 is 4.74 Å². The van der Waals surface area contributed by atoms with Crippen molar-refractivity contribution in [2.75, 3.05) is 6.61 Å². The largest absolute Gasteiger partial charge is 0.442 e. The molecule has 0 rings (SSSR count). The van der Waals surface area contributed by atoms with Gasteiger partial charge in [-0.25, -0.2) is 0 Å². The molecule has 0 heterocycles. The Labute approximate surface area is 100 Å². The summed E-state index contributed by atoms with van der Waals surface area (Å²) in [6.45, 7) is -0.640. The van der Waals surface area contributed by atoms with Crippen molar-refractivity contribution in [1.82, 2.24) is 0 Å². The smallest absolute Gasteiger partial charge is 0.316 e. The van der Waals surface area contributed by atoms with E-state index in [0.29, 0.717) is 6.92 Å². The lowest BCUT2D eigenvalue weighted by Gasteiger charge is -2.34. The quantitative estimate of drug-likeness (QED) is 0.556. The molecule has 13 heteroatoms. The Morgan fingerprint density at radius 1 is 0.895 bits per heavy atom. The lowest BCUT2D eigenvalue weighted by atomic mass is 10.1. The molecule has 3 nitrogen and oxygen atoms in total. The Hall–Kier alpha value is -0.720. The van der Waals surface area contributed by atoms with Gasteiger partial charge >= 0.3 is 33.4 Å². The minimum Gasteiger partial charge on any atom is -0.316 e. The van der Waals surface area contributed by atoms with E-state index in [1.807, 2.05) is 0 Å². The van der Waals surface area contributed by atoms with Crippen LogP contribution in [0, 0.1) is 0 Å². The molecule has 0 saturated heterocycles. The average Bonchev–Trinajstić information content (AvgIpc) is 2.14. The van der Waals surface area contributed by atoms with Crippen molar-refractivity contribution in [3.8, 4) is 0 Å². The van der Waals surface area contributed by atoms with Crippen LogP contribution in [0.5, 0.6) is 0 Å². The predicted molar refractivity (Wildman–Crippen MR) is 41.4 cm³/mol. The fourth-order valence-corrected chi connectivity index (χ4v) is 1.22. The van der Waals surface area contributed by atoms with Crippen LogP contribution in [0.1, 0.15) is 6.92 Å². The van der Waals surface area contributed by atoms with E-state index in [-0.39, 0.29) is 0 Å². The first kappa shape index (κ1) is 18.3. The molecular weight excluding hydrogens is 323 g/mol. The van der Waals surface area contributed by atoms with Crippen molar-refractivity contribution < 1.29 is 52.2 Å². The molecule has 19 heavy (non-hydrogen) atoms. The third-order valence-corrected chi connectivity index (χ3v) is 2.63. The van der Waals surface area contributed by atoms with Gasteiger partial charge in [0.15, 0.2) is 0 Å². The summed E-state index contributed by atoms with van der Waals surface area (Å²) >= 11 is 0. The number of ether oxygens (including phenoxy) is 1. The van der Waals surface area contributed by atoms with E-state index >= 15 is 0 Å². The van der Waals surface area contributed by atoms with E-state index in [1.54, 1.807) is 0 Å². The third kappa shape index (κ3) is 2.61. The SMILES string of the molecule is CCOC(F)(F)C(F)(F)C(F)(F)C(F)(F)S(=O)(=O)F. The van der Waals surface area contributed by atoms with Crippen molar-refractivity contribution in [3.63, 3.8) is 0 Å². The van der Waals surface area contributed by atoms with Crippen molar-refractivity contribution in [2.45, 2.75) is 30.1 Å². The zero-order valence-electron chi connectivity index (χ0n) is 8.74. The first-order valence-electron chi connectivity index (χ1n) is 4.15. The summed E-state index contributed by atoms with van der Waals surface area (Å²) < 4.78 is 135. The Bertz CT molecular complexity index is 429. The Morgan fingerprint density at radius 2 is 1.26 bits per heavy atom. The van der Waals surface area contributed by atoms with Gasteiger partial charge in [0, 0.05) is 0 Å². The molecule has 0 saturated carbocycles. The van der Waals surface area contributed by atoms with Crippen molar-refractivity contribution in [3.05, 3.63) is 0 Å². The summed E-state index contributed by atoms with van der Waals surface area (Å²) in [5.74, 6) is -14.2. The van der Waals surface area contributed by atoms with Crippen LogP contribution in [0.25, 0.3) is 0 Å². The van der Waals surface area contributed by atoms with Gasteiger partial charge in [0.25, 0.3) is 0 Å². The average molecular weight is 328 g/mol. The molecule has 0 spiro atoms. The van der Waals surface area contributed by atoms with Crippen LogP contribution in [-0.2, 0) is 15.0 Å². The van der Waals surface area contributed by atoms with Crippen molar-refractivity contribution in [2.24, 2.45) is 0 Å². The Morgan fingerprint density at radius 3 is 1.53 bits per heavy atom. The number of halogens is 9. The van der Waals surface area contributed by atoms with Crippen molar-refractivity contribution in [1.29, 1.82) is 0 Å². The number of alkyl halides is 8. The van der Waals surface area contributed by atoms with Gasteiger partial charge in [-0.3, -0.25) is 0 Å². The Balaban J connectivity index is 5.91. The van der Waals surface area contributed by atoms with Crippen LogP contribution in [0.3, 0.4) is 0 Å². The fraction of sp³-hybridized carbons (Fsp3) is 1.00. The summed E-state index contributed by atoms with van der Waals surface area (Å²) in [7, 11) is -7.57. The van der Waals surface area contributed by atoms with Crippen LogP contribution >= 0.6 is 0 Å². The van der Waals surface area contributed by atoms with Crippen LogP contribution in [0.15, 0.2) is 0 Å². The summed E-state index contributed by atoms with van der Waals surface area (Å²) in [5.41, 5.74) is 0. The summed E-state index contributed by atoms with van der Waals surface area (Å²) in [6, 6.07) is 0. The van der Waals surface area contributed by atoms with E-state index in [0.717, 1.165) is 0 Å². The standard InChI is InChI=1S/C6H5F9O3S/c1-2-18-5(11,12)3(7,8)4(9,10)6(13,14)19(15,16)17/h2H2,1H3. The molecule has 0 N–H and O–H groups in total. The van der Waals surface area contributed by atoms with E-state index in [1.165, 1.54) is 0 Å². The van der Waals surface area contributed by atoms with Crippen LogP contribution in [0.4, 0.5) is 39.0 Å².